The highest BCUT2D eigenvalue weighted by molar-refractivity contribution is 6.30. The maximum Gasteiger partial charge on any atom is 0.146 e. The Bertz CT molecular complexity index is 598. The molecule has 0 amide bonds. The SMILES string of the molecule is CC(c1ccc(Cl)cc1)N(C)c1ccc(CCN)cc1F. The predicted octanol–water partition coefficient (Wildman–Crippen LogP) is 4.18. The summed E-state index contributed by atoms with van der Waals surface area (Å²) in [5.74, 6) is -0.218. The first kappa shape index (κ1) is 15.8. The van der Waals surface area contributed by atoms with E-state index < -0.39 is 0 Å². The number of nitrogens with two attached hydrogens (primary N) is 1. The Morgan fingerprint density at radius 1 is 1.19 bits per heavy atom. The first-order chi connectivity index (χ1) is 10.0. The molecule has 112 valence electrons. The fraction of sp³-hybridized carbons (Fsp3) is 0.294. The topological polar surface area (TPSA) is 29.3 Å². The van der Waals surface area contributed by atoms with Crippen molar-refractivity contribution in [2.75, 3.05) is 18.5 Å². The molecule has 2 aromatic rings. The third-order valence-electron chi connectivity index (χ3n) is 3.76. The molecule has 0 fully saturated rings. The highest BCUT2D eigenvalue weighted by Crippen LogP contribution is 2.28. The molecule has 0 aromatic heterocycles. The lowest BCUT2D eigenvalue weighted by Gasteiger charge is -2.28. The molecule has 0 spiro atoms. The summed E-state index contributed by atoms with van der Waals surface area (Å²) in [6.07, 6.45) is 0.688. The summed E-state index contributed by atoms with van der Waals surface area (Å²) in [6, 6.07) is 13.0. The maximum atomic E-state index is 14.3. The normalized spacial score (nSPS) is 12.2. The highest BCUT2D eigenvalue weighted by Gasteiger charge is 2.15. The number of benzene rings is 2. The summed E-state index contributed by atoms with van der Waals surface area (Å²) in [5, 5.41) is 0.700. The molecule has 0 radical (unpaired) electrons. The number of anilines is 1. The van der Waals surface area contributed by atoms with Crippen LogP contribution in [0.3, 0.4) is 0 Å². The van der Waals surface area contributed by atoms with Gasteiger partial charge in [0.25, 0.3) is 0 Å². The lowest BCUT2D eigenvalue weighted by Crippen LogP contribution is -2.22. The molecule has 2 rings (SSSR count). The van der Waals surface area contributed by atoms with Crippen LogP contribution >= 0.6 is 11.6 Å². The van der Waals surface area contributed by atoms with Crippen LogP contribution in [0.4, 0.5) is 10.1 Å². The zero-order chi connectivity index (χ0) is 15.4. The van der Waals surface area contributed by atoms with Crippen molar-refractivity contribution < 1.29 is 4.39 Å². The Balaban J connectivity index is 2.22. The van der Waals surface area contributed by atoms with Gasteiger partial charge in [0.2, 0.25) is 0 Å². The molecule has 21 heavy (non-hydrogen) atoms. The minimum absolute atomic E-state index is 0.0529. The van der Waals surface area contributed by atoms with E-state index in [1.807, 2.05) is 55.3 Å². The van der Waals surface area contributed by atoms with Gasteiger partial charge in [0.05, 0.1) is 11.7 Å². The van der Waals surface area contributed by atoms with E-state index in [1.165, 1.54) is 0 Å². The maximum absolute atomic E-state index is 14.3. The average molecular weight is 307 g/mol. The first-order valence-electron chi connectivity index (χ1n) is 6.99. The summed E-state index contributed by atoms with van der Waals surface area (Å²) in [5.41, 5.74) is 8.10. The van der Waals surface area contributed by atoms with Crippen molar-refractivity contribution in [3.63, 3.8) is 0 Å². The number of hydrogen-bond donors (Lipinski definition) is 1. The molecule has 0 bridgehead atoms. The van der Waals surface area contributed by atoms with Gasteiger partial charge >= 0.3 is 0 Å². The Kier molecular flexibility index (Phi) is 5.21. The van der Waals surface area contributed by atoms with Gasteiger partial charge in [-0.2, -0.15) is 0 Å². The van der Waals surface area contributed by atoms with Crippen LogP contribution in [0.5, 0.6) is 0 Å². The summed E-state index contributed by atoms with van der Waals surface area (Å²) in [7, 11) is 1.89. The van der Waals surface area contributed by atoms with E-state index in [2.05, 4.69) is 0 Å². The summed E-state index contributed by atoms with van der Waals surface area (Å²) in [4.78, 5) is 1.92. The van der Waals surface area contributed by atoms with Crippen molar-refractivity contribution in [1.29, 1.82) is 0 Å². The Hall–Kier alpha value is -1.58. The molecule has 4 heteroatoms. The molecule has 0 saturated carbocycles. The number of nitrogens with zero attached hydrogens (tertiary/aromatic N) is 1. The van der Waals surface area contributed by atoms with Gasteiger partial charge in [0, 0.05) is 12.1 Å². The van der Waals surface area contributed by atoms with E-state index >= 15 is 0 Å². The van der Waals surface area contributed by atoms with E-state index in [0.29, 0.717) is 23.7 Å². The van der Waals surface area contributed by atoms with E-state index in [1.54, 1.807) is 6.07 Å². The smallest absolute Gasteiger partial charge is 0.146 e. The monoisotopic (exact) mass is 306 g/mol. The van der Waals surface area contributed by atoms with Crippen LogP contribution in [-0.2, 0) is 6.42 Å². The zero-order valence-corrected chi connectivity index (χ0v) is 13.1. The van der Waals surface area contributed by atoms with Gasteiger partial charge in [-0.05, 0) is 55.3 Å². The fourth-order valence-corrected chi connectivity index (χ4v) is 2.46. The Morgan fingerprint density at radius 3 is 2.43 bits per heavy atom. The predicted molar refractivity (Wildman–Crippen MR) is 87.4 cm³/mol. The second-order valence-electron chi connectivity index (χ2n) is 5.16. The van der Waals surface area contributed by atoms with Crippen LogP contribution in [0.25, 0.3) is 0 Å². The molecule has 2 nitrogen and oxygen atoms in total. The molecular weight excluding hydrogens is 287 g/mol. The molecule has 0 aliphatic carbocycles. The number of hydrogen-bond acceptors (Lipinski definition) is 2. The van der Waals surface area contributed by atoms with Gasteiger partial charge in [0.15, 0.2) is 0 Å². The van der Waals surface area contributed by atoms with Crippen molar-refractivity contribution in [3.8, 4) is 0 Å². The Morgan fingerprint density at radius 2 is 1.86 bits per heavy atom. The van der Waals surface area contributed by atoms with Crippen LogP contribution in [0.15, 0.2) is 42.5 Å². The van der Waals surface area contributed by atoms with Gasteiger partial charge < -0.3 is 10.6 Å². The first-order valence-corrected chi connectivity index (χ1v) is 7.37. The van der Waals surface area contributed by atoms with E-state index in [0.717, 1.165) is 11.1 Å². The van der Waals surface area contributed by atoms with Gasteiger partial charge in [0.1, 0.15) is 5.82 Å². The summed E-state index contributed by atoms with van der Waals surface area (Å²) >= 11 is 5.90. The third kappa shape index (κ3) is 3.74. The van der Waals surface area contributed by atoms with E-state index in [9.17, 15) is 4.39 Å². The van der Waals surface area contributed by atoms with Gasteiger partial charge in [-0.1, -0.05) is 29.8 Å². The molecule has 0 saturated heterocycles. The summed E-state index contributed by atoms with van der Waals surface area (Å²) in [6.45, 7) is 2.56. The van der Waals surface area contributed by atoms with Crippen molar-refractivity contribution >= 4 is 17.3 Å². The van der Waals surface area contributed by atoms with E-state index in [-0.39, 0.29) is 11.9 Å². The van der Waals surface area contributed by atoms with Gasteiger partial charge in [-0.3, -0.25) is 0 Å². The molecule has 1 atom stereocenters. The second-order valence-corrected chi connectivity index (χ2v) is 5.60. The zero-order valence-electron chi connectivity index (χ0n) is 12.3. The van der Waals surface area contributed by atoms with Crippen LogP contribution < -0.4 is 10.6 Å². The van der Waals surface area contributed by atoms with Gasteiger partial charge in [-0.15, -0.1) is 0 Å². The third-order valence-corrected chi connectivity index (χ3v) is 4.01. The van der Waals surface area contributed by atoms with Crippen molar-refractivity contribution in [2.45, 2.75) is 19.4 Å². The number of rotatable bonds is 5. The molecular formula is C17H20ClFN2. The number of halogens is 2. The van der Waals surface area contributed by atoms with Gasteiger partial charge in [-0.25, -0.2) is 4.39 Å². The molecule has 0 aliphatic rings. The molecule has 0 heterocycles. The van der Waals surface area contributed by atoms with Crippen LogP contribution in [0, 0.1) is 5.82 Å². The Labute approximate surface area is 130 Å². The van der Waals surface area contributed by atoms with Crippen molar-refractivity contribution in [2.24, 2.45) is 5.73 Å². The molecule has 0 aliphatic heterocycles. The summed E-state index contributed by atoms with van der Waals surface area (Å²) < 4.78 is 14.3. The molecule has 2 N–H and O–H groups in total. The minimum Gasteiger partial charge on any atom is -0.365 e. The quantitative estimate of drug-likeness (QED) is 0.898. The van der Waals surface area contributed by atoms with Crippen LogP contribution in [0.1, 0.15) is 24.1 Å². The average Bonchev–Trinajstić information content (AvgIpc) is 2.47. The highest BCUT2D eigenvalue weighted by atomic mass is 35.5. The van der Waals surface area contributed by atoms with E-state index in [4.69, 9.17) is 17.3 Å². The minimum atomic E-state index is -0.218. The van der Waals surface area contributed by atoms with Crippen molar-refractivity contribution in [1.82, 2.24) is 0 Å². The lowest BCUT2D eigenvalue weighted by atomic mass is 10.1. The van der Waals surface area contributed by atoms with Crippen LogP contribution in [-0.4, -0.2) is 13.6 Å². The standard InChI is InChI=1S/C17H20ClFN2/c1-12(14-4-6-15(18)7-5-14)21(2)17-8-3-13(9-10-20)11-16(17)19/h3-8,11-12H,9-10,20H2,1-2H3. The molecule has 2 aromatic carbocycles. The fourth-order valence-electron chi connectivity index (χ4n) is 2.33. The van der Waals surface area contributed by atoms with Crippen LogP contribution in [0.2, 0.25) is 5.02 Å². The lowest BCUT2D eigenvalue weighted by molar-refractivity contribution is 0.609. The second kappa shape index (κ2) is 6.92. The largest absolute Gasteiger partial charge is 0.365 e. The van der Waals surface area contributed by atoms with Crippen molar-refractivity contribution in [3.05, 3.63) is 64.4 Å². The molecule has 1 unspecified atom stereocenters.